The van der Waals surface area contributed by atoms with Gasteiger partial charge in [0.05, 0.1) is 17.7 Å². The lowest BCUT2D eigenvalue weighted by molar-refractivity contribution is -0.155. The van der Waals surface area contributed by atoms with E-state index < -0.39 is 29.1 Å². The van der Waals surface area contributed by atoms with Crippen LogP contribution >= 0.6 is 0 Å². The Labute approximate surface area is 242 Å². The molecule has 42 heavy (non-hydrogen) atoms. The molecule has 1 aliphatic rings. The van der Waals surface area contributed by atoms with Crippen LogP contribution in [-0.2, 0) is 22.5 Å². The van der Waals surface area contributed by atoms with Crippen molar-refractivity contribution < 1.29 is 23.1 Å². The molecule has 1 atom stereocenters. The maximum absolute atomic E-state index is 14.2. The first-order valence-corrected chi connectivity index (χ1v) is 13.4. The first-order valence-electron chi connectivity index (χ1n) is 13.4. The molecule has 2 aromatic heterocycles. The molecule has 1 N–H and O–H groups in total. The molecule has 0 unspecified atom stereocenters. The molecule has 0 bridgehead atoms. The second kappa shape index (κ2) is 11.9. The van der Waals surface area contributed by atoms with Crippen LogP contribution in [0.5, 0.6) is 0 Å². The highest BCUT2D eigenvalue weighted by molar-refractivity contribution is 5.99. The van der Waals surface area contributed by atoms with Crippen molar-refractivity contribution in [2.24, 2.45) is 0 Å². The van der Waals surface area contributed by atoms with Crippen molar-refractivity contribution >= 4 is 11.9 Å². The van der Waals surface area contributed by atoms with Crippen molar-refractivity contribution in [1.82, 2.24) is 20.3 Å². The summed E-state index contributed by atoms with van der Waals surface area (Å²) in [6.45, 7) is 5.75. The smallest absolute Gasteiger partial charge is 0.306 e. The number of benzene rings is 2. The maximum atomic E-state index is 14.2. The van der Waals surface area contributed by atoms with Crippen molar-refractivity contribution in [3.63, 3.8) is 0 Å². The van der Waals surface area contributed by atoms with Gasteiger partial charge in [-0.25, -0.2) is 23.7 Å². The number of esters is 1. The van der Waals surface area contributed by atoms with Crippen LogP contribution in [0.15, 0.2) is 67.3 Å². The SMILES string of the molecule is CC(C)(C)OC(=O)C[C@@H](Cc1cc(F)cc(F)c1)c1nc(C#Cc2cncnc2)ccc1-c1ccc2c(c1)C(=O)NC2. The molecule has 0 spiro atoms. The minimum absolute atomic E-state index is 0.1000. The minimum Gasteiger partial charge on any atom is -0.460 e. The predicted octanol–water partition coefficient (Wildman–Crippen LogP) is 5.52. The van der Waals surface area contributed by atoms with Crippen LogP contribution in [0.2, 0.25) is 0 Å². The second-order valence-electron chi connectivity index (χ2n) is 11.0. The van der Waals surface area contributed by atoms with Gasteiger partial charge in [0.15, 0.2) is 0 Å². The summed E-state index contributed by atoms with van der Waals surface area (Å²) < 4.78 is 34.0. The molecule has 0 aliphatic carbocycles. The van der Waals surface area contributed by atoms with Crippen LogP contribution in [0.25, 0.3) is 11.1 Å². The van der Waals surface area contributed by atoms with Crippen molar-refractivity contribution in [2.45, 2.75) is 51.7 Å². The Bertz CT molecular complexity index is 1700. The van der Waals surface area contributed by atoms with Gasteiger partial charge in [0.2, 0.25) is 0 Å². The van der Waals surface area contributed by atoms with E-state index in [-0.39, 0.29) is 18.7 Å². The Balaban J connectivity index is 1.64. The number of nitrogens with one attached hydrogen (secondary N) is 1. The van der Waals surface area contributed by atoms with Crippen molar-refractivity contribution in [2.75, 3.05) is 0 Å². The third-order valence-electron chi connectivity index (χ3n) is 6.55. The Morgan fingerprint density at radius 1 is 1.00 bits per heavy atom. The summed E-state index contributed by atoms with van der Waals surface area (Å²) in [5.41, 5.74) is 3.93. The van der Waals surface area contributed by atoms with Crippen molar-refractivity contribution in [1.29, 1.82) is 0 Å². The van der Waals surface area contributed by atoms with Crippen LogP contribution in [0, 0.1) is 23.5 Å². The summed E-state index contributed by atoms with van der Waals surface area (Å²) in [5, 5.41) is 2.82. The summed E-state index contributed by atoms with van der Waals surface area (Å²) in [6, 6.07) is 12.4. The quantitative estimate of drug-likeness (QED) is 0.244. The lowest BCUT2D eigenvalue weighted by atomic mass is 9.87. The normalized spacial score (nSPS) is 13.0. The number of ether oxygens (including phenoxy) is 1. The summed E-state index contributed by atoms with van der Waals surface area (Å²) in [7, 11) is 0. The number of carbonyl (C=O) groups is 2. The number of rotatable bonds is 6. The summed E-state index contributed by atoms with van der Waals surface area (Å²) in [4.78, 5) is 38.4. The number of pyridine rings is 1. The van der Waals surface area contributed by atoms with E-state index in [2.05, 4.69) is 27.1 Å². The molecule has 3 heterocycles. The largest absolute Gasteiger partial charge is 0.460 e. The molecular formula is C33H28F2N4O3. The molecule has 0 saturated carbocycles. The van der Waals surface area contributed by atoms with Gasteiger partial charge in [-0.05, 0) is 80.1 Å². The fraction of sp³-hybridized carbons (Fsp3) is 0.242. The lowest BCUT2D eigenvalue weighted by Gasteiger charge is -2.24. The Hall–Kier alpha value is -4.97. The topological polar surface area (TPSA) is 94.1 Å². The van der Waals surface area contributed by atoms with Gasteiger partial charge in [0.25, 0.3) is 5.91 Å². The van der Waals surface area contributed by atoms with E-state index >= 15 is 0 Å². The molecule has 1 aliphatic heterocycles. The monoisotopic (exact) mass is 566 g/mol. The van der Waals surface area contributed by atoms with Crippen LogP contribution < -0.4 is 5.32 Å². The maximum Gasteiger partial charge on any atom is 0.306 e. The number of nitrogens with zero attached hydrogens (tertiary/aromatic N) is 3. The van der Waals surface area contributed by atoms with Crippen molar-refractivity contribution in [3.8, 4) is 23.0 Å². The Morgan fingerprint density at radius 3 is 2.45 bits per heavy atom. The molecule has 212 valence electrons. The van der Waals surface area contributed by atoms with E-state index in [9.17, 15) is 18.4 Å². The third-order valence-corrected chi connectivity index (χ3v) is 6.55. The third kappa shape index (κ3) is 7.02. The van der Waals surface area contributed by atoms with Crippen LogP contribution in [0.4, 0.5) is 8.78 Å². The Morgan fingerprint density at radius 2 is 1.74 bits per heavy atom. The molecule has 9 heteroatoms. The average Bonchev–Trinajstić information content (AvgIpc) is 3.30. The van der Waals surface area contributed by atoms with Gasteiger partial charge in [0.1, 0.15) is 29.3 Å². The second-order valence-corrected chi connectivity index (χ2v) is 11.0. The molecule has 4 aromatic rings. The molecular weight excluding hydrogens is 538 g/mol. The van der Waals surface area contributed by atoms with E-state index in [1.54, 1.807) is 45.3 Å². The minimum atomic E-state index is -0.735. The molecule has 2 aromatic carbocycles. The molecule has 0 radical (unpaired) electrons. The van der Waals surface area contributed by atoms with E-state index in [4.69, 9.17) is 9.72 Å². The number of amides is 1. The molecule has 7 nitrogen and oxygen atoms in total. The average molecular weight is 567 g/mol. The van der Waals surface area contributed by atoms with Crippen molar-refractivity contribution in [3.05, 3.63) is 113 Å². The first kappa shape index (κ1) is 28.6. The van der Waals surface area contributed by atoms with Gasteiger partial charge in [-0.15, -0.1) is 0 Å². The number of hydrogen-bond acceptors (Lipinski definition) is 6. The van der Waals surface area contributed by atoms with Gasteiger partial charge in [-0.1, -0.05) is 18.1 Å². The zero-order valence-electron chi connectivity index (χ0n) is 23.4. The molecule has 5 rings (SSSR count). The number of halogens is 2. The highest BCUT2D eigenvalue weighted by Gasteiger charge is 2.27. The first-order chi connectivity index (χ1) is 20.0. The highest BCUT2D eigenvalue weighted by atomic mass is 19.1. The van der Waals surface area contributed by atoms with Gasteiger partial charge >= 0.3 is 5.97 Å². The fourth-order valence-corrected chi connectivity index (χ4v) is 4.84. The van der Waals surface area contributed by atoms with E-state index in [1.165, 1.54) is 18.5 Å². The standard InChI is InChI=1S/C33H28F2N4O3/c1-33(2,3)42-30(40)14-24(10-21-11-25(34)15-26(35)12-21)31-28(22-5-6-23-18-38-32(41)29(23)13-22)9-8-27(39-31)7-4-20-16-36-19-37-17-20/h5-6,8-9,11-13,15-17,19,24H,10,14,18H2,1-3H3,(H,38,41)/t24-/m1/s1. The van der Waals surface area contributed by atoms with E-state index in [0.717, 1.165) is 11.6 Å². The van der Waals surface area contributed by atoms with Gasteiger partial charge < -0.3 is 10.1 Å². The molecule has 0 fully saturated rings. The number of carbonyl (C=O) groups excluding carboxylic acids is 2. The Kier molecular flexibility index (Phi) is 8.07. The van der Waals surface area contributed by atoms with Crippen LogP contribution in [-0.4, -0.2) is 32.4 Å². The van der Waals surface area contributed by atoms with Gasteiger partial charge in [-0.3, -0.25) is 9.59 Å². The molecule has 0 saturated heterocycles. The number of hydrogen-bond donors (Lipinski definition) is 1. The van der Waals surface area contributed by atoms with E-state index in [0.29, 0.717) is 45.7 Å². The molecule has 1 amide bonds. The fourth-order valence-electron chi connectivity index (χ4n) is 4.84. The number of aromatic nitrogens is 3. The van der Waals surface area contributed by atoms with E-state index in [1.807, 2.05) is 18.2 Å². The summed E-state index contributed by atoms with van der Waals surface area (Å²) in [5.74, 6) is 3.27. The van der Waals surface area contributed by atoms with Gasteiger partial charge in [0, 0.05) is 42.0 Å². The number of fused-ring (bicyclic) bond motifs is 1. The zero-order chi connectivity index (χ0) is 29.9. The summed E-state index contributed by atoms with van der Waals surface area (Å²) >= 11 is 0. The zero-order valence-corrected chi connectivity index (χ0v) is 23.4. The van der Waals surface area contributed by atoms with Crippen LogP contribution in [0.1, 0.15) is 71.5 Å². The van der Waals surface area contributed by atoms with Gasteiger partial charge in [-0.2, -0.15) is 0 Å². The lowest BCUT2D eigenvalue weighted by Crippen LogP contribution is -2.25. The predicted molar refractivity (Wildman–Crippen MR) is 152 cm³/mol. The summed E-state index contributed by atoms with van der Waals surface area (Å²) in [6.07, 6.45) is 4.56. The highest BCUT2D eigenvalue weighted by Crippen LogP contribution is 2.35. The van der Waals surface area contributed by atoms with Crippen LogP contribution in [0.3, 0.4) is 0 Å².